The molecule has 1 atom stereocenters. The summed E-state index contributed by atoms with van der Waals surface area (Å²) in [7, 11) is 0. The summed E-state index contributed by atoms with van der Waals surface area (Å²) in [6, 6.07) is 23.8. The molecule has 1 aliphatic rings. The number of carbonyl (C=O) groups excluding carboxylic acids is 1. The van der Waals surface area contributed by atoms with Crippen LogP contribution < -0.4 is 14.9 Å². The van der Waals surface area contributed by atoms with Crippen LogP contribution in [-0.2, 0) is 9.53 Å². The van der Waals surface area contributed by atoms with Gasteiger partial charge in [-0.2, -0.15) is 0 Å². The highest BCUT2D eigenvalue weighted by Crippen LogP contribution is 2.36. The third-order valence-corrected chi connectivity index (χ3v) is 9.17. The molecule has 0 spiro atoms. The monoisotopic (exact) mass is 657 g/mol. The second-order valence-electron chi connectivity index (χ2n) is 9.83. The fourth-order valence-corrected chi connectivity index (χ4v) is 6.72. The number of nitro groups is 1. The van der Waals surface area contributed by atoms with Crippen LogP contribution in [0.4, 0.5) is 5.69 Å². The molecule has 12 heteroatoms. The van der Waals surface area contributed by atoms with Gasteiger partial charge in [-0.3, -0.25) is 19.5 Å². The first kappa shape index (κ1) is 30.3. The number of hydrogen-bond donors (Lipinski definition) is 0. The zero-order chi connectivity index (χ0) is 31.7. The van der Waals surface area contributed by atoms with E-state index in [1.54, 1.807) is 36.9 Å². The van der Waals surface area contributed by atoms with Crippen LogP contribution in [0, 0.1) is 10.1 Å². The maximum absolute atomic E-state index is 14.1. The second kappa shape index (κ2) is 12.7. The molecule has 226 valence electrons. The molecule has 0 radical (unpaired) electrons. The molecular weight excluding hydrogens is 634 g/mol. The number of esters is 1. The van der Waals surface area contributed by atoms with Crippen LogP contribution in [0.1, 0.15) is 29.9 Å². The average Bonchev–Trinajstić information content (AvgIpc) is 3.64. The van der Waals surface area contributed by atoms with Gasteiger partial charge in [0.25, 0.3) is 11.2 Å². The summed E-state index contributed by atoms with van der Waals surface area (Å²) in [5, 5.41) is 11.3. The Morgan fingerprint density at radius 3 is 2.56 bits per heavy atom. The summed E-state index contributed by atoms with van der Waals surface area (Å²) in [6.45, 7) is 1.90. The SMILES string of the molecule is CCOC(=O)C1=C(c2ccccc2)N=c2s/c(=C\c3ccc(-c4ccc([N+](=O)[O-])cc4Cl)o3)c(=O)n2[C@H]1c1ccc(SC)cc1. The van der Waals surface area contributed by atoms with Crippen molar-refractivity contribution in [3.8, 4) is 11.3 Å². The van der Waals surface area contributed by atoms with Gasteiger partial charge in [-0.25, -0.2) is 9.79 Å². The highest BCUT2D eigenvalue weighted by molar-refractivity contribution is 7.98. The number of benzene rings is 3. The number of thioether (sulfide) groups is 1. The number of hydrogen-bond acceptors (Lipinski definition) is 9. The molecule has 3 aromatic carbocycles. The van der Waals surface area contributed by atoms with Crippen LogP contribution in [0.5, 0.6) is 0 Å². The fourth-order valence-electron chi connectivity index (χ4n) is 5.06. The van der Waals surface area contributed by atoms with Crippen LogP contribution in [0.15, 0.2) is 110 Å². The summed E-state index contributed by atoms with van der Waals surface area (Å²) in [5.41, 5.74) is 2.16. The van der Waals surface area contributed by atoms with Gasteiger partial charge in [-0.05, 0) is 49.1 Å². The Morgan fingerprint density at radius 2 is 1.89 bits per heavy atom. The average molecular weight is 658 g/mol. The maximum atomic E-state index is 14.1. The Morgan fingerprint density at radius 1 is 1.13 bits per heavy atom. The molecule has 0 saturated heterocycles. The van der Waals surface area contributed by atoms with E-state index in [2.05, 4.69) is 0 Å². The molecular formula is C33H24ClN3O6S2. The molecule has 1 aliphatic heterocycles. The van der Waals surface area contributed by atoms with Gasteiger partial charge in [0.15, 0.2) is 4.80 Å². The first-order chi connectivity index (χ1) is 21.8. The van der Waals surface area contributed by atoms with Crippen LogP contribution in [0.3, 0.4) is 0 Å². The normalized spacial score (nSPS) is 14.6. The third kappa shape index (κ3) is 5.89. The Labute approximate surface area is 269 Å². The number of nitrogens with zero attached hydrogens (tertiary/aromatic N) is 3. The van der Waals surface area contributed by atoms with Crippen LogP contribution in [0.25, 0.3) is 23.1 Å². The molecule has 0 saturated carbocycles. The molecule has 2 aromatic heterocycles. The minimum atomic E-state index is -0.792. The van der Waals surface area contributed by atoms with Crippen LogP contribution >= 0.6 is 34.7 Å². The van der Waals surface area contributed by atoms with Crippen LogP contribution in [0.2, 0.25) is 5.02 Å². The van der Waals surface area contributed by atoms with Gasteiger partial charge in [-0.1, -0.05) is 65.4 Å². The van der Waals surface area contributed by atoms with Crippen molar-refractivity contribution in [1.82, 2.24) is 4.57 Å². The highest BCUT2D eigenvalue weighted by Gasteiger charge is 2.35. The first-order valence-corrected chi connectivity index (χ1v) is 16.2. The van der Waals surface area contributed by atoms with E-state index >= 15 is 0 Å². The molecule has 45 heavy (non-hydrogen) atoms. The summed E-state index contributed by atoms with van der Waals surface area (Å²) in [4.78, 5) is 44.6. The lowest BCUT2D eigenvalue weighted by Crippen LogP contribution is -2.40. The van der Waals surface area contributed by atoms with Crippen molar-refractivity contribution in [2.24, 2.45) is 4.99 Å². The number of thiazole rings is 1. The number of carbonyl (C=O) groups is 1. The lowest BCUT2D eigenvalue weighted by atomic mass is 9.93. The number of nitro benzene ring substituents is 1. The van der Waals surface area contributed by atoms with E-state index in [0.717, 1.165) is 16.0 Å². The fraction of sp³-hybridized carbons (Fsp3) is 0.121. The summed E-state index contributed by atoms with van der Waals surface area (Å²) >= 11 is 9.08. The highest BCUT2D eigenvalue weighted by atomic mass is 35.5. The van der Waals surface area contributed by atoms with Crippen molar-refractivity contribution in [3.05, 3.63) is 142 Å². The Balaban J connectivity index is 1.52. The number of ether oxygens (including phenoxy) is 1. The van der Waals surface area contributed by atoms with E-state index in [4.69, 9.17) is 25.7 Å². The molecule has 5 aromatic rings. The van der Waals surface area contributed by atoms with E-state index in [1.165, 1.54) is 34.1 Å². The van der Waals surface area contributed by atoms with E-state index in [1.807, 2.05) is 60.9 Å². The lowest BCUT2D eigenvalue weighted by molar-refractivity contribution is -0.384. The predicted octanol–water partition coefficient (Wildman–Crippen LogP) is 6.48. The zero-order valence-corrected chi connectivity index (χ0v) is 26.3. The third-order valence-electron chi connectivity index (χ3n) is 7.13. The van der Waals surface area contributed by atoms with Gasteiger partial charge in [0.2, 0.25) is 0 Å². The van der Waals surface area contributed by atoms with Gasteiger partial charge in [0, 0.05) is 34.2 Å². The molecule has 9 nitrogen and oxygen atoms in total. The molecule has 0 amide bonds. The molecule has 0 N–H and O–H groups in total. The molecule has 0 unspecified atom stereocenters. The van der Waals surface area contributed by atoms with E-state index < -0.39 is 16.9 Å². The number of aromatic nitrogens is 1. The number of rotatable bonds is 8. The van der Waals surface area contributed by atoms with Gasteiger partial charge in [0.1, 0.15) is 11.5 Å². The minimum absolute atomic E-state index is 0.133. The van der Waals surface area contributed by atoms with E-state index in [0.29, 0.717) is 32.1 Å². The summed E-state index contributed by atoms with van der Waals surface area (Å²) in [6.07, 6.45) is 3.59. The predicted molar refractivity (Wildman–Crippen MR) is 175 cm³/mol. The Hall–Kier alpha value is -4.71. The number of halogens is 1. The van der Waals surface area contributed by atoms with Gasteiger partial charge >= 0.3 is 5.97 Å². The first-order valence-electron chi connectivity index (χ1n) is 13.8. The van der Waals surface area contributed by atoms with Gasteiger partial charge in [0.05, 0.1) is 38.4 Å². The standard InChI is InChI=1S/C33H24ClN3O6S2/c1-3-42-32(39)28-29(19-7-5-4-6-8-19)35-33-36(30(28)20-9-13-23(44-2)14-10-20)31(38)27(45-33)18-22-12-16-26(43-22)24-15-11-21(37(40)41)17-25(24)34/h4-18,30H,3H2,1-2H3/b27-18-/t30-/m0/s1. The smallest absolute Gasteiger partial charge is 0.338 e. The van der Waals surface area contributed by atoms with E-state index in [-0.39, 0.29) is 28.4 Å². The lowest BCUT2D eigenvalue weighted by Gasteiger charge is -2.26. The largest absolute Gasteiger partial charge is 0.463 e. The molecule has 0 aliphatic carbocycles. The van der Waals surface area contributed by atoms with Crippen molar-refractivity contribution < 1.29 is 18.9 Å². The molecule has 0 bridgehead atoms. The molecule has 6 rings (SSSR count). The maximum Gasteiger partial charge on any atom is 0.338 e. The number of furan rings is 1. The molecule has 3 heterocycles. The minimum Gasteiger partial charge on any atom is -0.463 e. The van der Waals surface area contributed by atoms with Gasteiger partial charge < -0.3 is 9.15 Å². The number of non-ortho nitro benzene ring substituents is 1. The van der Waals surface area contributed by atoms with Crippen LogP contribution in [-0.4, -0.2) is 28.3 Å². The Kier molecular flexibility index (Phi) is 8.57. The molecule has 0 fully saturated rings. The topological polar surface area (TPSA) is 117 Å². The quantitative estimate of drug-likeness (QED) is 0.0812. The zero-order valence-electron chi connectivity index (χ0n) is 23.9. The summed E-state index contributed by atoms with van der Waals surface area (Å²) in [5.74, 6) is 0.207. The summed E-state index contributed by atoms with van der Waals surface area (Å²) < 4.78 is 13.4. The van der Waals surface area contributed by atoms with Crippen molar-refractivity contribution >= 4 is 58.1 Å². The second-order valence-corrected chi connectivity index (χ2v) is 12.1. The van der Waals surface area contributed by atoms with Gasteiger partial charge in [-0.15, -0.1) is 11.8 Å². The van der Waals surface area contributed by atoms with Crippen molar-refractivity contribution in [1.29, 1.82) is 0 Å². The number of fused-ring (bicyclic) bond motifs is 1. The van der Waals surface area contributed by atoms with Crippen molar-refractivity contribution in [2.45, 2.75) is 17.9 Å². The van der Waals surface area contributed by atoms with Crippen molar-refractivity contribution in [2.75, 3.05) is 12.9 Å². The van der Waals surface area contributed by atoms with Crippen molar-refractivity contribution in [3.63, 3.8) is 0 Å². The Bertz CT molecular complexity index is 2150. The van der Waals surface area contributed by atoms with E-state index in [9.17, 15) is 19.7 Å².